The van der Waals surface area contributed by atoms with E-state index in [1.54, 1.807) is 35.0 Å². The van der Waals surface area contributed by atoms with Crippen LogP contribution in [-0.4, -0.2) is 69.8 Å². The largest absolute Gasteiger partial charge is 0.465 e. The molecule has 0 heterocycles. The Morgan fingerprint density at radius 1 is 1.19 bits per heavy atom. The lowest BCUT2D eigenvalue weighted by molar-refractivity contribution is -0.158. The summed E-state index contributed by atoms with van der Waals surface area (Å²) >= 11 is 0. The molecule has 0 fully saturated rings. The predicted octanol–water partition coefficient (Wildman–Crippen LogP) is 1.13. The van der Waals surface area contributed by atoms with E-state index >= 15 is 0 Å². The Kier molecular flexibility index (Phi) is 9.41. The SMILES string of the molecule is CCOC(=O)C(C)(C)C(=O)CN(CCOC)C(C)COC. The Labute approximate surface area is 127 Å². The summed E-state index contributed by atoms with van der Waals surface area (Å²) in [5, 5.41) is 0. The number of ketones is 1. The highest BCUT2D eigenvalue weighted by Crippen LogP contribution is 2.20. The second-order valence-electron chi connectivity index (χ2n) is 5.54. The van der Waals surface area contributed by atoms with Crippen molar-refractivity contribution in [2.75, 3.05) is 47.1 Å². The Bertz CT molecular complexity index is 330. The fourth-order valence-electron chi connectivity index (χ4n) is 1.82. The van der Waals surface area contributed by atoms with Crippen LogP contribution < -0.4 is 0 Å². The minimum Gasteiger partial charge on any atom is -0.465 e. The van der Waals surface area contributed by atoms with Crippen LogP contribution in [0.5, 0.6) is 0 Å². The van der Waals surface area contributed by atoms with Crippen LogP contribution in [-0.2, 0) is 23.8 Å². The molecule has 1 unspecified atom stereocenters. The van der Waals surface area contributed by atoms with Crippen molar-refractivity contribution in [2.45, 2.75) is 33.7 Å². The summed E-state index contributed by atoms with van der Waals surface area (Å²) in [6, 6.07) is 0.0621. The number of hydrogen-bond donors (Lipinski definition) is 0. The van der Waals surface area contributed by atoms with E-state index in [9.17, 15) is 9.59 Å². The predicted molar refractivity (Wildman–Crippen MR) is 80.2 cm³/mol. The normalized spacial score (nSPS) is 13.3. The van der Waals surface area contributed by atoms with E-state index in [0.717, 1.165) is 0 Å². The van der Waals surface area contributed by atoms with Gasteiger partial charge in [-0.05, 0) is 27.7 Å². The Balaban J connectivity index is 4.81. The van der Waals surface area contributed by atoms with Crippen molar-refractivity contribution in [3.63, 3.8) is 0 Å². The fraction of sp³-hybridized carbons (Fsp3) is 0.867. The number of methoxy groups -OCH3 is 2. The molecule has 21 heavy (non-hydrogen) atoms. The zero-order valence-corrected chi connectivity index (χ0v) is 14.1. The summed E-state index contributed by atoms with van der Waals surface area (Å²) in [7, 11) is 3.24. The lowest BCUT2D eigenvalue weighted by Gasteiger charge is -2.30. The van der Waals surface area contributed by atoms with Crippen LogP contribution in [0.25, 0.3) is 0 Å². The summed E-state index contributed by atoms with van der Waals surface area (Å²) in [6.45, 7) is 8.96. The molecule has 0 saturated heterocycles. The molecule has 6 heteroatoms. The molecule has 0 amide bonds. The molecule has 0 aliphatic carbocycles. The van der Waals surface area contributed by atoms with E-state index < -0.39 is 11.4 Å². The van der Waals surface area contributed by atoms with Crippen molar-refractivity contribution in [3.05, 3.63) is 0 Å². The van der Waals surface area contributed by atoms with Crippen molar-refractivity contribution >= 4 is 11.8 Å². The van der Waals surface area contributed by atoms with Crippen LogP contribution in [0.3, 0.4) is 0 Å². The molecule has 0 aliphatic heterocycles. The average Bonchev–Trinajstić information content (AvgIpc) is 2.43. The highest BCUT2D eigenvalue weighted by molar-refractivity contribution is 6.03. The summed E-state index contributed by atoms with van der Waals surface area (Å²) in [6.07, 6.45) is 0. The lowest BCUT2D eigenvalue weighted by atomic mass is 9.87. The van der Waals surface area contributed by atoms with Gasteiger partial charge in [-0.25, -0.2) is 0 Å². The first kappa shape index (κ1) is 20.0. The molecule has 0 saturated carbocycles. The van der Waals surface area contributed by atoms with E-state index in [1.165, 1.54) is 0 Å². The van der Waals surface area contributed by atoms with Gasteiger partial charge in [0.05, 0.1) is 26.4 Å². The molecule has 0 aliphatic rings. The van der Waals surface area contributed by atoms with E-state index in [2.05, 4.69) is 0 Å². The molecule has 124 valence electrons. The number of rotatable bonds is 11. The van der Waals surface area contributed by atoms with Crippen molar-refractivity contribution in [1.29, 1.82) is 0 Å². The van der Waals surface area contributed by atoms with Gasteiger partial charge in [0.15, 0.2) is 5.78 Å². The third-order valence-electron chi connectivity index (χ3n) is 3.44. The molecular weight excluding hydrogens is 274 g/mol. The second kappa shape index (κ2) is 9.87. The van der Waals surface area contributed by atoms with E-state index in [-0.39, 0.29) is 25.0 Å². The maximum absolute atomic E-state index is 12.4. The van der Waals surface area contributed by atoms with Gasteiger partial charge in [-0.15, -0.1) is 0 Å². The molecule has 0 spiro atoms. The molecule has 1 atom stereocenters. The highest BCUT2D eigenvalue weighted by atomic mass is 16.5. The summed E-state index contributed by atoms with van der Waals surface area (Å²) < 4.78 is 15.2. The third-order valence-corrected chi connectivity index (χ3v) is 3.44. The number of Topliss-reactive ketones (excluding diaryl/α,β-unsaturated/α-hetero) is 1. The van der Waals surface area contributed by atoms with Crippen LogP contribution in [0.2, 0.25) is 0 Å². The molecule has 0 rings (SSSR count). The first-order valence-electron chi connectivity index (χ1n) is 7.23. The zero-order valence-electron chi connectivity index (χ0n) is 14.1. The van der Waals surface area contributed by atoms with E-state index in [4.69, 9.17) is 14.2 Å². The van der Waals surface area contributed by atoms with Gasteiger partial charge < -0.3 is 14.2 Å². The molecule has 0 aromatic carbocycles. The minimum atomic E-state index is -1.14. The second-order valence-corrected chi connectivity index (χ2v) is 5.54. The van der Waals surface area contributed by atoms with Crippen molar-refractivity contribution in [2.24, 2.45) is 5.41 Å². The monoisotopic (exact) mass is 303 g/mol. The number of carbonyl (C=O) groups is 2. The van der Waals surface area contributed by atoms with Gasteiger partial charge in [-0.2, -0.15) is 0 Å². The van der Waals surface area contributed by atoms with Gasteiger partial charge in [-0.1, -0.05) is 0 Å². The van der Waals surface area contributed by atoms with Crippen LogP contribution in [0.4, 0.5) is 0 Å². The van der Waals surface area contributed by atoms with Crippen LogP contribution in [0.15, 0.2) is 0 Å². The number of esters is 1. The molecule has 0 N–H and O–H groups in total. The molecular formula is C15H29NO5. The van der Waals surface area contributed by atoms with Crippen molar-refractivity contribution in [3.8, 4) is 0 Å². The van der Waals surface area contributed by atoms with E-state index in [1.807, 2.05) is 11.8 Å². The van der Waals surface area contributed by atoms with Gasteiger partial charge in [0, 0.05) is 26.8 Å². The van der Waals surface area contributed by atoms with Crippen LogP contribution >= 0.6 is 0 Å². The Morgan fingerprint density at radius 2 is 1.81 bits per heavy atom. The van der Waals surface area contributed by atoms with Gasteiger partial charge in [0.2, 0.25) is 0 Å². The number of nitrogens with zero attached hydrogens (tertiary/aromatic N) is 1. The molecule has 0 bridgehead atoms. The summed E-state index contributed by atoms with van der Waals surface area (Å²) in [5.74, 6) is -0.652. The first-order chi connectivity index (χ1) is 9.81. The van der Waals surface area contributed by atoms with Crippen molar-refractivity contribution in [1.82, 2.24) is 4.90 Å². The quantitative estimate of drug-likeness (QED) is 0.421. The fourth-order valence-corrected chi connectivity index (χ4v) is 1.82. The first-order valence-corrected chi connectivity index (χ1v) is 7.23. The molecule has 0 aromatic rings. The van der Waals surface area contributed by atoms with Crippen LogP contribution in [0, 0.1) is 5.41 Å². The summed E-state index contributed by atoms with van der Waals surface area (Å²) in [5.41, 5.74) is -1.14. The maximum Gasteiger partial charge on any atom is 0.319 e. The molecule has 0 radical (unpaired) electrons. The number of ether oxygens (including phenoxy) is 3. The number of hydrogen-bond acceptors (Lipinski definition) is 6. The molecule has 0 aromatic heterocycles. The van der Waals surface area contributed by atoms with E-state index in [0.29, 0.717) is 19.8 Å². The average molecular weight is 303 g/mol. The van der Waals surface area contributed by atoms with Gasteiger partial charge in [0.1, 0.15) is 5.41 Å². The zero-order chi connectivity index (χ0) is 16.5. The van der Waals surface area contributed by atoms with Gasteiger partial charge in [-0.3, -0.25) is 14.5 Å². The number of carbonyl (C=O) groups excluding carboxylic acids is 2. The lowest BCUT2D eigenvalue weighted by Crippen LogP contribution is -2.47. The Hall–Kier alpha value is -0.980. The van der Waals surface area contributed by atoms with Crippen LogP contribution in [0.1, 0.15) is 27.7 Å². The smallest absolute Gasteiger partial charge is 0.319 e. The topological polar surface area (TPSA) is 65.1 Å². The Morgan fingerprint density at radius 3 is 2.29 bits per heavy atom. The maximum atomic E-state index is 12.4. The van der Waals surface area contributed by atoms with Gasteiger partial charge >= 0.3 is 5.97 Å². The van der Waals surface area contributed by atoms with Gasteiger partial charge in [0.25, 0.3) is 0 Å². The molecule has 6 nitrogen and oxygen atoms in total. The third kappa shape index (κ3) is 6.54. The standard InChI is InChI=1S/C15H29NO5/c1-7-21-14(18)15(3,4)13(17)10-16(8-9-19-5)12(2)11-20-6/h12H,7-11H2,1-6H3. The minimum absolute atomic E-state index is 0.0621. The highest BCUT2D eigenvalue weighted by Gasteiger charge is 2.38. The summed E-state index contributed by atoms with van der Waals surface area (Å²) in [4.78, 5) is 26.3. The van der Waals surface area contributed by atoms with Crippen molar-refractivity contribution < 1.29 is 23.8 Å².